The molecule has 21 heavy (non-hydrogen) atoms. The molecular weight excluding hydrogens is 352 g/mol. The van der Waals surface area contributed by atoms with Gasteiger partial charge >= 0.3 is 0 Å². The molecule has 1 amide bonds. The summed E-state index contributed by atoms with van der Waals surface area (Å²) >= 11 is 9.64. The minimum atomic E-state index is 0.0547. The number of amides is 1. The van der Waals surface area contributed by atoms with Crippen molar-refractivity contribution in [1.82, 2.24) is 9.80 Å². The van der Waals surface area contributed by atoms with Crippen LogP contribution in [0.4, 0.5) is 0 Å². The molecule has 0 N–H and O–H groups in total. The quantitative estimate of drug-likeness (QED) is 0.749. The summed E-state index contributed by atoms with van der Waals surface area (Å²) in [6, 6.07) is 6.22. The maximum Gasteiger partial charge on any atom is 0.255 e. The molecule has 0 aromatic heterocycles. The van der Waals surface area contributed by atoms with Crippen LogP contribution in [-0.2, 0) is 0 Å². The molecule has 2 atom stereocenters. The highest BCUT2D eigenvalue weighted by molar-refractivity contribution is 9.10. The van der Waals surface area contributed by atoms with Crippen molar-refractivity contribution in [3.8, 4) is 0 Å². The minimum Gasteiger partial charge on any atom is -0.333 e. The topological polar surface area (TPSA) is 23.6 Å². The lowest BCUT2D eigenvalue weighted by atomic mass is 9.96. The summed E-state index contributed by atoms with van der Waals surface area (Å²) < 4.78 is 0.888. The lowest BCUT2D eigenvalue weighted by Gasteiger charge is -2.47. The molecule has 114 valence electrons. The van der Waals surface area contributed by atoms with Gasteiger partial charge in [-0.1, -0.05) is 34.0 Å². The van der Waals surface area contributed by atoms with Crippen molar-refractivity contribution in [3.05, 3.63) is 33.3 Å². The molecule has 3 rings (SSSR count). The molecule has 2 fully saturated rings. The van der Waals surface area contributed by atoms with E-state index in [2.05, 4.69) is 27.8 Å². The molecule has 2 heterocycles. The highest BCUT2D eigenvalue weighted by atomic mass is 79.9. The van der Waals surface area contributed by atoms with Gasteiger partial charge < -0.3 is 4.90 Å². The standard InChI is InChI=1S/C16H20BrClN2O/c1-11-9-19-7-3-2-4-13(19)10-20(11)16(21)14-8-12(17)5-6-15(14)18/h5-6,8,11,13H,2-4,7,9-10H2,1H3. The number of carbonyl (C=O) groups is 1. The fourth-order valence-corrected chi connectivity index (χ4v) is 4.01. The van der Waals surface area contributed by atoms with Gasteiger partial charge in [-0.3, -0.25) is 9.69 Å². The minimum absolute atomic E-state index is 0.0547. The van der Waals surface area contributed by atoms with E-state index >= 15 is 0 Å². The number of carbonyl (C=O) groups excluding carboxylic acids is 1. The van der Waals surface area contributed by atoms with E-state index in [-0.39, 0.29) is 11.9 Å². The van der Waals surface area contributed by atoms with Gasteiger partial charge in [0.25, 0.3) is 5.91 Å². The molecule has 0 aliphatic carbocycles. The molecule has 0 bridgehead atoms. The van der Waals surface area contributed by atoms with Crippen LogP contribution >= 0.6 is 27.5 Å². The van der Waals surface area contributed by atoms with Crippen LogP contribution in [0.2, 0.25) is 5.02 Å². The van der Waals surface area contributed by atoms with Crippen LogP contribution in [-0.4, -0.2) is 47.4 Å². The average molecular weight is 372 g/mol. The monoisotopic (exact) mass is 370 g/mol. The zero-order chi connectivity index (χ0) is 15.0. The third-order valence-electron chi connectivity index (χ3n) is 4.61. The number of piperidine rings is 1. The molecule has 0 spiro atoms. The molecule has 2 saturated heterocycles. The largest absolute Gasteiger partial charge is 0.333 e. The van der Waals surface area contributed by atoms with Crippen molar-refractivity contribution in [2.75, 3.05) is 19.6 Å². The molecule has 2 unspecified atom stereocenters. The lowest BCUT2D eigenvalue weighted by Crippen LogP contribution is -2.60. The highest BCUT2D eigenvalue weighted by Crippen LogP contribution is 2.28. The first kappa shape index (κ1) is 15.3. The normalized spacial score (nSPS) is 26.5. The first-order chi connectivity index (χ1) is 10.1. The van der Waals surface area contributed by atoms with Crippen LogP contribution in [0.25, 0.3) is 0 Å². The number of fused-ring (bicyclic) bond motifs is 1. The van der Waals surface area contributed by atoms with Gasteiger partial charge in [-0.2, -0.15) is 0 Å². The summed E-state index contributed by atoms with van der Waals surface area (Å²) in [5.74, 6) is 0.0547. The van der Waals surface area contributed by atoms with Gasteiger partial charge in [0.05, 0.1) is 10.6 Å². The van der Waals surface area contributed by atoms with E-state index in [9.17, 15) is 4.79 Å². The summed E-state index contributed by atoms with van der Waals surface area (Å²) in [5.41, 5.74) is 0.599. The number of nitrogens with zero attached hydrogens (tertiary/aromatic N) is 2. The van der Waals surface area contributed by atoms with E-state index in [1.807, 2.05) is 17.0 Å². The predicted molar refractivity (Wildman–Crippen MR) is 88.9 cm³/mol. The van der Waals surface area contributed by atoms with Crippen molar-refractivity contribution in [2.24, 2.45) is 0 Å². The molecule has 3 nitrogen and oxygen atoms in total. The first-order valence-electron chi connectivity index (χ1n) is 7.56. The Labute approximate surface area is 139 Å². The summed E-state index contributed by atoms with van der Waals surface area (Å²) in [4.78, 5) is 17.4. The van der Waals surface area contributed by atoms with Crippen LogP contribution in [0.3, 0.4) is 0 Å². The van der Waals surface area contributed by atoms with Crippen molar-refractivity contribution < 1.29 is 4.79 Å². The van der Waals surface area contributed by atoms with E-state index in [1.54, 1.807) is 6.07 Å². The van der Waals surface area contributed by atoms with Crippen LogP contribution in [0, 0.1) is 0 Å². The maximum absolute atomic E-state index is 12.9. The Morgan fingerprint density at radius 3 is 2.95 bits per heavy atom. The van der Waals surface area contributed by atoms with Gasteiger partial charge in [0.1, 0.15) is 0 Å². The summed E-state index contributed by atoms with van der Waals surface area (Å²) in [7, 11) is 0. The molecule has 2 aliphatic heterocycles. The Morgan fingerprint density at radius 1 is 1.33 bits per heavy atom. The third-order valence-corrected chi connectivity index (χ3v) is 5.43. The Morgan fingerprint density at radius 2 is 2.14 bits per heavy atom. The smallest absolute Gasteiger partial charge is 0.255 e. The fourth-order valence-electron chi connectivity index (χ4n) is 3.45. The Bertz CT molecular complexity index is 551. The first-order valence-corrected chi connectivity index (χ1v) is 8.73. The van der Waals surface area contributed by atoms with Gasteiger partial charge in [0.2, 0.25) is 0 Å². The van der Waals surface area contributed by atoms with E-state index < -0.39 is 0 Å². The van der Waals surface area contributed by atoms with E-state index in [1.165, 1.54) is 25.8 Å². The SMILES string of the molecule is CC1CN2CCCCC2CN1C(=O)c1cc(Br)ccc1Cl. The number of rotatable bonds is 1. The second-order valence-corrected chi connectivity index (χ2v) is 7.40. The van der Waals surface area contributed by atoms with E-state index in [0.29, 0.717) is 16.6 Å². The van der Waals surface area contributed by atoms with Crippen molar-refractivity contribution >= 4 is 33.4 Å². The van der Waals surface area contributed by atoms with Gasteiger partial charge in [0.15, 0.2) is 0 Å². The predicted octanol–water partition coefficient (Wildman–Crippen LogP) is 3.80. The van der Waals surface area contributed by atoms with E-state index in [0.717, 1.165) is 17.6 Å². The second-order valence-electron chi connectivity index (χ2n) is 6.08. The average Bonchev–Trinajstić information content (AvgIpc) is 2.48. The number of benzene rings is 1. The van der Waals surface area contributed by atoms with Crippen LogP contribution in [0.1, 0.15) is 36.5 Å². The summed E-state index contributed by atoms with van der Waals surface area (Å²) in [6.07, 6.45) is 3.76. The van der Waals surface area contributed by atoms with E-state index in [4.69, 9.17) is 11.6 Å². The van der Waals surface area contributed by atoms with Crippen molar-refractivity contribution in [2.45, 2.75) is 38.3 Å². The third kappa shape index (κ3) is 3.13. The van der Waals surface area contributed by atoms with Gasteiger partial charge in [-0.15, -0.1) is 0 Å². The lowest BCUT2D eigenvalue weighted by molar-refractivity contribution is 0.0152. The number of hydrogen-bond acceptors (Lipinski definition) is 2. The molecule has 1 aromatic carbocycles. The molecule has 5 heteroatoms. The number of hydrogen-bond donors (Lipinski definition) is 0. The zero-order valence-corrected chi connectivity index (χ0v) is 14.5. The molecule has 1 aromatic rings. The van der Waals surface area contributed by atoms with Gasteiger partial charge in [0, 0.05) is 29.6 Å². The van der Waals surface area contributed by atoms with Gasteiger partial charge in [-0.25, -0.2) is 0 Å². The second kappa shape index (κ2) is 6.27. The molecule has 0 saturated carbocycles. The number of halogens is 2. The summed E-state index contributed by atoms with van der Waals surface area (Å²) in [5, 5.41) is 0.529. The maximum atomic E-state index is 12.9. The van der Waals surface area contributed by atoms with Gasteiger partial charge in [-0.05, 0) is 44.5 Å². The zero-order valence-electron chi connectivity index (χ0n) is 12.2. The fraction of sp³-hybridized carbons (Fsp3) is 0.562. The molecule has 2 aliphatic rings. The van der Waals surface area contributed by atoms with Crippen molar-refractivity contribution in [3.63, 3.8) is 0 Å². The van der Waals surface area contributed by atoms with Crippen LogP contribution in [0.15, 0.2) is 22.7 Å². The number of piperazine rings is 1. The van der Waals surface area contributed by atoms with Crippen molar-refractivity contribution in [1.29, 1.82) is 0 Å². The Balaban J connectivity index is 1.82. The van der Waals surface area contributed by atoms with Crippen LogP contribution < -0.4 is 0 Å². The molecule has 0 radical (unpaired) electrons. The Hall–Kier alpha value is -0.580. The summed E-state index contributed by atoms with van der Waals surface area (Å²) in [6.45, 7) is 5.11. The highest BCUT2D eigenvalue weighted by Gasteiger charge is 2.35. The Kier molecular flexibility index (Phi) is 4.57. The molecular formula is C16H20BrClN2O. The van der Waals surface area contributed by atoms with Crippen LogP contribution in [0.5, 0.6) is 0 Å².